The van der Waals surface area contributed by atoms with Crippen molar-refractivity contribution in [2.75, 3.05) is 6.54 Å². The average molecular weight is 313 g/mol. The molecule has 1 amide bonds. The molecule has 1 unspecified atom stereocenters. The second-order valence-electron chi connectivity index (χ2n) is 5.31. The van der Waals surface area contributed by atoms with E-state index in [1.165, 1.54) is 11.1 Å². The van der Waals surface area contributed by atoms with Gasteiger partial charge in [0.25, 0.3) is 0 Å². The highest BCUT2D eigenvalue weighted by molar-refractivity contribution is 5.85. The van der Waals surface area contributed by atoms with Crippen LogP contribution >= 0.6 is 12.4 Å². The van der Waals surface area contributed by atoms with Gasteiger partial charge in [-0.15, -0.1) is 12.4 Å². The summed E-state index contributed by atoms with van der Waals surface area (Å²) in [6.07, 6.45) is 5.60. The van der Waals surface area contributed by atoms with Gasteiger partial charge in [0.2, 0.25) is 5.91 Å². The molecule has 0 aliphatic carbocycles. The fourth-order valence-electron chi connectivity index (χ4n) is 2.20. The lowest BCUT2D eigenvalue weighted by Gasteiger charge is -2.16. The molecule has 1 atom stereocenters. The Morgan fingerprint density at radius 3 is 2.33 bits per heavy atom. The van der Waals surface area contributed by atoms with Crippen LogP contribution in [0.5, 0.6) is 0 Å². The maximum absolute atomic E-state index is 11.9. The first-order chi connectivity index (χ1) is 9.69. The summed E-state index contributed by atoms with van der Waals surface area (Å²) in [5.41, 5.74) is 8.24. The molecule has 0 aliphatic heterocycles. The van der Waals surface area contributed by atoms with Crippen LogP contribution in [0, 0.1) is 0 Å². The Kier molecular flexibility index (Phi) is 11.0. The van der Waals surface area contributed by atoms with Crippen molar-refractivity contribution in [3.8, 4) is 0 Å². The molecule has 3 N–H and O–H groups in total. The number of rotatable bonds is 9. The predicted molar refractivity (Wildman–Crippen MR) is 91.9 cm³/mol. The first-order valence-electron chi connectivity index (χ1n) is 7.76. The Balaban J connectivity index is 0.00000400. The van der Waals surface area contributed by atoms with Crippen LogP contribution in [0.25, 0.3) is 0 Å². The first-order valence-corrected chi connectivity index (χ1v) is 7.76. The lowest BCUT2D eigenvalue weighted by Crippen LogP contribution is -2.40. The van der Waals surface area contributed by atoms with Gasteiger partial charge < -0.3 is 11.1 Å². The molecular weight excluding hydrogens is 284 g/mol. The standard InChI is InChI=1S/C17H28N2O.ClH/c1-3-5-6-16(13-18)19-17(20)12-11-15-9-7-14(4-2)8-10-15;/h7-10,16H,3-6,11-13,18H2,1-2H3,(H,19,20);1H. The minimum Gasteiger partial charge on any atom is -0.352 e. The molecule has 3 nitrogen and oxygen atoms in total. The molecule has 4 heteroatoms. The van der Waals surface area contributed by atoms with Crippen molar-refractivity contribution in [2.24, 2.45) is 5.73 Å². The van der Waals surface area contributed by atoms with Crippen molar-refractivity contribution in [3.05, 3.63) is 35.4 Å². The van der Waals surface area contributed by atoms with E-state index in [1.807, 2.05) is 0 Å². The molecule has 21 heavy (non-hydrogen) atoms. The quantitative estimate of drug-likeness (QED) is 0.735. The summed E-state index contributed by atoms with van der Waals surface area (Å²) in [5.74, 6) is 0.108. The molecule has 1 rings (SSSR count). The van der Waals surface area contributed by atoms with Crippen LogP contribution in [0.15, 0.2) is 24.3 Å². The molecule has 0 fully saturated rings. The van der Waals surface area contributed by atoms with E-state index in [0.29, 0.717) is 13.0 Å². The zero-order valence-electron chi connectivity index (χ0n) is 13.2. The van der Waals surface area contributed by atoms with Crippen LogP contribution in [0.3, 0.4) is 0 Å². The van der Waals surface area contributed by atoms with Crippen molar-refractivity contribution >= 4 is 18.3 Å². The first kappa shape index (κ1) is 19.9. The topological polar surface area (TPSA) is 55.1 Å². The van der Waals surface area contributed by atoms with Crippen molar-refractivity contribution in [2.45, 2.75) is 58.4 Å². The summed E-state index contributed by atoms with van der Waals surface area (Å²) < 4.78 is 0. The minimum atomic E-state index is 0. The van der Waals surface area contributed by atoms with Gasteiger partial charge in [-0.25, -0.2) is 0 Å². The van der Waals surface area contributed by atoms with E-state index in [0.717, 1.165) is 32.1 Å². The largest absolute Gasteiger partial charge is 0.352 e. The maximum Gasteiger partial charge on any atom is 0.220 e. The van der Waals surface area contributed by atoms with E-state index in [2.05, 4.69) is 43.4 Å². The third-order valence-electron chi connectivity index (χ3n) is 3.63. The van der Waals surface area contributed by atoms with Crippen LogP contribution in [0.1, 0.15) is 50.7 Å². The highest BCUT2D eigenvalue weighted by Crippen LogP contribution is 2.07. The molecule has 0 aromatic heterocycles. The molecule has 1 aromatic carbocycles. The van der Waals surface area contributed by atoms with E-state index in [9.17, 15) is 4.79 Å². The number of nitrogens with two attached hydrogens (primary N) is 1. The fraction of sp³-hybridized carbons (Fsp3) is 0.588. The molecular formula is C17H29ClN2O. The fourth-order valence-corrected chi connectivity index (χ4v) is 2.20. The zero-order chi connectivity index (χ0) is 14.8. The Morgan fingerprint density at radius 1 is 1.19 bits per heavy atom. The average Bonchev–Trinajstić information content (AvgIpc) is 2.49. The van der Waals surface area contributed by atoms with Gasteiger partial charge in [0, 0.05) is 19.0 Å². The number of carbonyl (C=O) groups is 1. The number of hydrogen-bond donors (Lipinski definition) is 2. The summed E-state index contributed by atoms with van der Waals surface area (Å²) in [5, 5.41) is 3.03. The van der Waals surface area contributed by atoms with Crippen LogP contribution in [0.2, 0.25) is 0 Å². The SMILES string of the molecule is CCCCC(CN)NC(=O)CCc1ccc(CC)cc1.Cl. The van der Waals surface area contributed by atoms with Crippen molar-refractivity contribution < 1.29 is 4.79 Å². The highest BCUT2D eigenvalue weighted by Gasteiger charge is 2.10. The van der Waals surface area contributed by atoms with E-state index in [1.54, 1.807) is 0 Å². The van der Waals surface area contributed by atoms with Gasteiger partial charge in [0.15, 0.2) is 0 Å². The predicted octanol–water partition coefficient (Wildman–Crippen LogP) is 3.24. The molecule has 0 bridgehead atoms. The summed E-state index contributed by atoms with van der Waals surface area (Å²) in [4.78, 5) is 11.9. The van der Waals surface area contributed by atoms with Crippen molar-refractivity contribution in [1.82, 2.24) is 5.32 Å². The van der Waals surface area contributed by atoms with E-state index in [-0.39, 0.29) is 24.4 Å². The molecule has 0 heterocycles. The van der Waals surface area contributed by atoms with E-state index in [4.69, 9.17) is 5.73 Å². The van der Waals surface area contributed by atoms with Crippen LogP contribution in [-0.4, -0.2) is 18.5 Å². The Hall–Kier alpha value is -1.06. The van der Waals surface area contributed by atoms with Gasteiger partial charge in [0.05, 0.1) is 0 Å². The van der Waals surface area contributed by atoms with Crippen LogP contribution in [0.4, 0.5) is 0 Å². The molecule has 0 radical (unpaired) electrons. The molecule has 1 aromatic rings. The van der Waals surface area contributed by atoms with Gasteiger partial charge in [0.1, 0.15) is 0 Å². The second kappa shape index (κ2) is 11.6. The van der Waals surface area contributed by atoms with Crippen molar-refractivity contribution in [1.29, 1.82) is 0 Å². The van der Waals surface area contributed by atoms with Crippen molar-refractivity contribution in [3.63, 3.8) is 0 Å². The summed E-state index contributed by atoms with van der Waals surface area (Å²) >= 11 is 0. The van der Waals surface area contributed by atoms with Gasteiger partial charge in [-0.1, -0.05) is 51.0 Å². The van der Waals surface area contributed by atoms with Gasteiger partial charge in [-0.05, 0) is 30.4 Å². The molecule has 120 valence electrons. The van der Waals surface area contributed by atoms with E-state index < -0.39 is 0 Å². The van der Waals surface area contributed by atoms with Crippen LogP contribution < -0.4 is 11.1 Å². The Bertz CT molecular complexity index is 392. The number of unbranched alkanes of at least 4 members (excludes halogenated alkanes) is 1. The number of halogens is 1. The van der Waals surface area contributed by atoms with E-state index >= 15 is 0 Å². The minimum absolute atomic E-state index is 0. The number of carbonyl (C=O) groups excluding carboxylic acids is 1. The third-order valence-corrected chi connectivity index (χ3v) is 3.63. The molecule has 0 saturated carbocycles. The smallest absolute Gasteiger partial charge is 0.220 e. The number of nitrogens with one attached hydrogen (secondary N) is 1. The lowest BCUT2D eigenvalue weighted by molar-refractivity contribution is -0.121. The number of amides is 1. The number of hydrogen-bond acceptors (Lipinski definition) is 2. The normalized spacial score (nSPS) is 11.6. The van der Waals surface area contributed by atoms with Gasteiger partial charge in [-0.2, -0.15) is 0 Å². The highest BCUT2D eigenvalue weighted by atomic mass is 35.5. The molecule has 0 spiro atoms. The summed E-state index contributed by atoms with van der Waals surface area (Å²) in [6.45, 7) is 4.82. The lowest BCUT2D eigenvalue weighted by atomic mass is 10.1. The Morgan fingerprint density at radius 2 is 1.81 bits per heavy atom. The monoisotopic (exact) mass is 312 g/mol. The van der Waals surface area contributed by atoms with Gasteiger partial charge >= 0.3 is 0 Å². The zero-order valence-corrected chi connectivity index (χ0v) is 14.0. The maximum atomic E-state index is 11.9. The summed E-state index contributed by atoms with van der Waals surface area (Å²) in [7, 11) is 0. The number of benzene rings is 1. The third kappa shape index (κ3) is 8.08. The summed E-state index contributed by atoms with van der Waals surface area (Å²) in [6, 6.07) is 8.63. The van der Waals surface area contributed by atoms with Gasteiger partial charge in [-0.3, -0.25) is 4.79 Å². The Labute approximate surface area is 135 Å². The molecule has 0 aliphatic rings. The van der Waals surface area contributed by atoms with Crippen LogP contribution in [-0.2, 0) is 17.6 Å². The number of aryl methyl sites for hydroxylation is 2. The second-order valence-corrected chi connectivity index (χ2v) is 5.31. The molecule has 0 saturated heterocycles.